The van der Waals surface area contributed by atoms with Crippen molar-refractivity contribution in [2.24, 2.45) is 0 Å². The molecule has 3 nitrogen and oxygen atoms in total. The molecule has 1 aliphatic rings. The van der Waals surface area contributed by atoms with Gasteiger partial charge in [-0.05, 0) is 58.7 Å². The summed E-state index contributed by atoms with van der Waals surface area (Å²) >= 11 is 1.82. The zero-order chi connectivity index (χ0) is 19.2. The van der Waals surface area contributed by atoms with Crippen LogP contribution in [0.1, 0.15) is 16.7 Å². The number of fused-ring (bicyclic) bond motifs is 3. The monoisotopic (exact) mass is 467 g/mol. The Labute approximate surface area is 197 Å². The Morgan fingerprint density at radius 3 is 2.58 bits per heavy atom. The first-order valence-electron chi connectivity index (χ1n) is 10.1. The van der Waals surface area contributed by atoms with Gasteiger partial charge in [-0.3, -0.25) is 0 Å². The molecule has 0 spiro atoms. The predicted octanol–water partition coefficient (Wildman–Crippen LogP) is 6.55. The molecule has 0 aliphatic heterocycles. The topological polar surface area (TPSA) is 40.7 Å². The van der Waals surface area contributed by atoms with Gasteiger partial charge in [-0.1, -0.05) is 42.5 Å². The fourth-order valence-corrected chi connectivity index (χ4v) is 5.50. The van der Waals surface area contributed by atoms with Gasteiger partial charge in [0.25, 0.3) is 0 Å². The third-order valence-corrected chi connectivity index (χ3v) is 6.96. The van der Waals surface area contributed by atoms with Crippen LogP contribution in [0, 0.1) is 0 Å². The van der Waals surface area contributed by atoms with E-state index in [1.54, 1.807) is 6.33 Å². The Balaban J connectivity index is 0.00000116. The summed E-state index contributed by atoms with van der Waals surface area (Å²) in [4.78, 5) is 7.56. The number of aromatic nitrogens is 2. The Hall–Kier alpha value is -2.37. The number of hydrogen-bond acceptors (Lipinski definition) is 3. The molecular formula is C25H23Cl2N3S. The first-order valence-corrected chi connectivity index (χ1v) is 11.0. The highest BCUT2D eigenvalue weighted by Crippen LogP contribution is 2.35. The molecule has 0 amide bonds. The van der Waals surface area contributed by atoms with Gasteiger partial charge in [0.2, 0.25) is 0 Å². The molecule has 0 atom stereocenters. The van der Waals surface area contributed by atoms with E-state index in [1.807, 2.05) is 11.3 Å². The summed E-state index contributed by atoms with van der Waals surface area (Å²) in [5.74, 6) is 0. The van der Waals surface area contributed by atoms with E-state index < -0.39 is 0 Å². The lowest BCUT2D eigenvalue weighted by atomic mass is 10.0. The summed E-state index contributed by atoms with van der Waals surface area (Å²) < 4.78 is 1.34. The van der Waals surface area contributed by atoms with Crippen LogP contribution in [0.5, 0.6) is 0 Å². The second-order valence-corrected chi connectivity index (χ2v) is 8.78. The fraction of sp³-hybridized carbons (Fsp3) is 0.160. The summed E-state index contributed by atoms with van der Waals surface area (Å²) in [6.45, 7) is 0.918. The molecule has 5 aromatic rings. The van der Waals surface area contributed by atoms with Crippen molar-refractivity contribution in [2.75, 3.05) is 0 Å². The molecule has 31 heavy (non-hydrogen) atoms. The number of halogens is 2. The maximum Gasteiger partial charge on any atom is 0.0931 e. The van der Waals surface area contributed by atoms with E-state index in [9.17, 15) is 0 Å². The van der Waals surface area contributed by atoms with Crippen LogP contribution >= 0.6 is 36.2 Å². The number of H-pyrrole nitrogens is 1. The third kappa shape index (κ3) is 4.09. The normalized spacial score (nSPS) is 13.2. The lowest BCUT2D eigenvalue weighted by molar-refractivity contribution is 0.533. The van der Waals surface area contributed by atoms with Gasteiger partial charge in [-0.2, -0.15) is 0 Å². The van der Waals surface area contributed by atoms with Crippen LogP contribution in [0.2, 0.25) is 0 Å². The fourth-order valence-electron chi connectivity index (χ4n) is 4.47. The number of thiophene rings is 1. The van der Waals surface area contributed by atoms with Crippen molar-refractivity contribution in [3.8, 4) is 11.1 Å². The second kappa shape index (κ2) is 9.01. The van der Waals surface area contributed by atoms with E-state index >= 15 is 0 Å². The predicted molar refractivity (Wildman–Crippen MR) is 136 cm³/mol. The Morgan fingerprint density at radius 2 is 1.77 bits per heavy atom. The molecule has 2 aromatic heterocycles. The number of aromatic amines is 1. The minimum absolute atomic E-state index is 0. The quantitative estimate of drug-likeness (QED) is 0.314. The summed E-state index contributed by atoms with van der Waals surface area (Å²) in [5.41, 5.74) is 8.96. The second-order valence-electron chi connectivity index (χ2n) is 7.87. The standard InChI is InChI=1S/C25H21N3S.2ClH/c1-2-4-18-11-20(10-17(18)3-1)26-13-16-5-7-21-22(14-29-25(21)9-16)19-6-8-23-24(12-19)28-15-27-23;;/h1-9,12,14-15,20,26H,10-11,13H2,(H,27,28);2*1H. The van der Waals surface area contributed by atoms with Crippen molar-refractivity contribution in [1.29, 1.82) is 0 Å². The molecule has 2 heterocycles. The molecule has 0 saturated carbocycles. The first kappa shape index (κ1) is 21.8. The van der Waals surface area contributed by atoms with Crippen LogP contribution in [-0.4, -0.2) is 16.0 Å². The highest BCUT2D eigenvalue weighted by molar-refractivity contribution is 7.17. The summed E-state index contributed by atoms with van der Waals surface area (Å²) in [6.07, 6.45) is 4.02. The highest BCUT2D eigenvalue weighted by Gasteiger charge is 2.20. The lowest BCUT2D eigenvalue weighted by Gasteiger charge is -2.12. The van der Waals surface area contributed by atoms with Crippen molar-refractivity contribution in [1.82, 2.24) is 15.3 Å². The molecule has 6 rings (SSSR count). The van der Waals surface area contributed by atoms with Crippen LogP contribution in [0.25, 0.3) is 32.2 Å². The van der Waals surface area contributed by atoms with Crippen LogP contribution < -0.4 is 5.32 Å². The Morgan fingerprint density at radius 1 is 0.968 bits per heavy atom. The molecule has 3 aromatic carbocycles. The average Bonchev–Trinajstić information content (AvgIpc) is 3.48. The number of benzene rings is 3. The molecule has 0 bridgehead atoms. The SMILES string of the molecule is Cl.Cl.c1ccc2c(c1)CC(NCc1ccc3c(-c4ccc5[nH]cnc5c4)csc3c1)C2. The van der Waals surface area contributed by atoms with Crippen molar-refractivity contribution in [3.63, 3.8) is 0 Å². The van der Waals surface area contributed by atoms with E-state index in [1.165, 1.54) is 37.9 Å². The van der Waals surface area contributed by atoms with Crippen molar-refractivity contribution >= 4 is 57.3 Å². The molecule has 6 heteroatoms. The van der Waals surface area contributed by atoms with E-state index in [4.69, 9.17) is 0 Å². The van der Waals surface area contributed by atoms with Gasteiger partial charge in [-0.15, -0.1) is 36.2 Å². The van der Waals surface area contributed by atoms with E-state index in [2.05, 4.69) is 81.3 Å². The molecular weight excluding hydrogens is 445 g/mol. The molecule has 0 unspecified atom stereocenters. The maximum absolute atomic E-state index is 4.40. The maximum atomic E-state index is 4.40. The van der Waals surface area contributed by atoms with Gasteiger partial charge < -0.3 is 10.3 Å². The number of hydrogen-bond donors (Lipinski definition) is 2. The van der Waals surface area contributed by atoms with E-state index in [-0.39, 0.29) is 24.8 Å². The molecule has 0 saturated heterocycles. The number of rotatable bonds is 4. The number of nitrogens with zero attached hydrogens (tertiary/aromatic N) is 1. The largest absolute Gasteiger partial charge is 0.345 e. The Kier molecular flexibility index (Phi) is 6.35. The molecule has 158 valence electrons. The molecule has 1 aliphatic carbocycles. The summed E-state index contributed by atoms with van der Waals surface area (Å²) in [7, 11) is 0. The van der Waals surface area contributed by atoms with Crippen molar-refractivity contribution < 1.29 is 0 Å². The zero-order valence-electron chi connectivity index (χ0n) is 16.8. The van der Waals surface area contributed by atoms with Crippen LogP contribution in [0.4, 0.5) is 0 Å². The molecule has 0 fully saturated rings. The zero-order valence-corrected chi connectivity index (χ0v) is 19.2. The summed E-state index contributed by atoms with van der Waals surface area (Å²) in [6, 6.07) is 22.7. The highest BCUT2D eigenvalue weighted by atomic mass is 35.5. The third-order valence-electron chi connectivity index (χ3n) is 6.02. The molecule has 2 N–H and O–H groups in total. The lowest BCUT2D eigenvalue weighted by Crippen LogP contribution is -2.28. The van der Waals surface area contributed by atoms with Crippen LogP contribution in [0.15, 0.2) is 72.4 Å². The first-order chi connectivity index (χ1) is 14.3. The average molecular weight is 468 g/mol. The van der Waals surface area contributed by atoms with E-state index in [0.717, 1.165) is 30.4 Å². The van der Waals surface area contributed by atoms with Gasteiger partial charge >= 0.3 is 0 Å². The van der Waals surface area contributed by atoms with Gasteiger partial charge in [-0.25, -0.2) is 4.98 Å². The smallest absolute Gasteiger partial charge is 0.0931 e. The Bertz CT molecular complexity index is 1320. The van der Waals surface area contributed by atoms with Gasteiger partial charge in [0.05, 0.1) is 17.4 Å². The summed E-state index contributed by atoms with van der Waals surface area (Å²) in [5, 5.41) is 7.35. The van der Waals surface area contributed by atoms with Gasteiger partial charge in [0.1, 0.15) is 0 Å². The van der Waals surface area contributed by atoms with Crippen LogP contribution in [0.3, 0.4) is 0 Å². The van der Waals surface area contributed by atoms with E-state index in [0.29, 0.717) is 6.04 Å². The number of nitrogens with one attached hydrogen (secondary N) is 2. The van der Waals surface area contributed by atoms with Crippen LogP contribution in [-0.2, 0) is 19.4 Å². The van der Waals surface area contributed by atoms with Crippen molar-refractivity contribution in [3.05, 3.63) is 89.1 Å². The van der Waals surface area contributed by atoms with Gasteiger partial charge in [0, 0.05) is 28.2 Å². The minimum atomic E-state index is 0. The molecule has 0 radical (unpaired) electrons. The van der Waals surface area contributed by atoms with Gasteiger partial charge in [0.15, 0.2) is 0 Å². The minimum Gasteiger partial charge on any atom is -0.345 e. The van der Waals surface area contributed by atoms with Crippen molar-refractivity contribution in [2.45, 2.75) is 25.4 Å². The number of imidazole rings is 1.